The average molecular weight is 744 g/mol. The molecule has 4 rings (SSSR count). The molecule has 48 heavy (non-hydrogen) atoms. The molecular weight excluding hydrogens is 716 g/mol. The molecule has 1 aliphatic heterocycles. The number of methoxy groups -OCH3 is 1. The summed E-state index contributed by atoms with van der Waals surface area (Å²) in [7, 11) is 1.34. The van der Waals surface area contributed by atoms with Crippen LogP contribution in [0.2, 0.25) is 0 Å². The summed E-state index contributed by atoms with van der Waals surface area (Å²) in [6, 6.07) is 12.2. The maximum absolute atomic E-state index is 12.8. The van der Waals surface area contributed by atoms with Gasteiger partial charge in [-0.15, -0.1) is 0 Å². The molecule has 1 atom stereocenters. The van der Waals surface area contributed by atoms with E-state index in [0.717, 1.165) is 18.2 Å². The van der Waals surface area contributed by atoms with E-state index in [1.54, 1.807) is 44.2 Å². The summed E-state index contributed by atoms with van der Waals surface area (Å²) >= 11 is 8.63. The molecule has 0 aromatic heterocycles. The van der Waals surface area contributed by atoms with Crippen LogP contribution in [0.1, 0.15) is 31.0 Å². The van der Waals surface area contributed by atoms with Crippen molar-refractivity contribution in [3.05, 3.63) is 102 Å². The van der Waals surface area contributed by atoms with Crippen LogP contribution in [0.3, 0.4) is 0 Å². The summed E-state index contributed by atoms with van der Waals surface area (Å²) in [5.74, 6) is -0.846. The van der Waals surface area contributed by atoms with E-state index in [1.165, 1.54) is 19.4 Å². The summed E-state index contributed by atoms with van der Waals surface area (Å²) in [6.45, 7) is 3.17. The molecule has 3 N–H and O–H groups in total. The lowest BCUT2D eigenvalue weighted by molar-refractivity contribution is -0.394. The van der Waals surface area contributed by atoms with Gasteiger partial charge in [-0.2, -0.15) is 5.10 Å². The Morgan fingerprint density at radius 3 is 2.52 bits per heavy atom. The molecule has 16 nitrogen and oxygen atoms in total. The fourth-order valence-electron chi connectivity index (χ4n) is 4.48. The van der Waals surface area contributed by atoms with Crippen molar-refractivity contribution in [2.45, 2.75) is 19.9 Å². The van der Waals surface area contributed by atoms with Crippen molar-refractivity contribution in [3.8, 4) is 23.0 Å². The van der Waals surface area contributed by atoms with Crippen LogP contribution in [0, 0.1) is 20.2 Å². The van der Waals surface area contributed by atoms with Crippen LogP contribution in [0.25, 0.3) is 0 Å². The molecule has 0 aliphatic carbocycles. The highest BCUT2D eigenvalue weighted by atomic mass is 79.9. The first-order chi connectivity index (χ1) is 22.9. The van der Waals surface area contributed by atoms with Crippen molar-refractivity contribution >= 4 is 62.7 Å². The number of nitrogens with one attached hydrogen (secondary N) is 3. The van der Waals surface area contributed by atoms with E-state index in [-0.39, 0.29) is 23.9 Å². The summed E-state index contributed by atoms with van der Waals surface area (Å²) in [4.78, 5) is 46.4. The number of hydrogen-bond donors (Lipinski definition) is 3. The third-order valence-corrected chi connectivity index (χ3v) is 7.38. The van der Waals surface area contributed by atoms with E-state index in [1.807, 2.05) is 0 Å². The molecule has 0 fully saturated rings. The molecule has 1 aliphatic rings. The summed E-state index contributed by atoms with van der Waals surface area (Å²) in [5.41, 5.74) is 3.12. The quantitative estimate of drug-likeness (QED) is 0.0698. The molecule has 0 saturated carbocycles. The number of nitrogens with zero attached hydrogens (tertiary/aromatic N) is 3. The van der Waals surface area contributed by atoms with Gasteiger partial charge in [0.1, 0.15) is 5.75 Å². The second-order valence-electron chi connectivity index (χ2n) is 9.71. The molecule has 1 heterocycles. The van der Waals surface area contributed by atoms with Gasteiger partial charge in [0.15, 0.2) is 23.2 Å². The summed E-state index contributed by atoms with van der Waals surface area (Å²) in [6.07, 6.45) is 1.32. The van der Waals surface area contributed by atoms with Gasteiger partial charge in [0, 0.05) is 17.3 Å². The van der Waals surface area contributed by atoms with Crippen LogP contribution in [0.4, 0.5) is 11.4 Å². The zero-order valence-electron chi connectivity index (χ0n) is 25.5. The zero-order valence-corrected chi connectivity index (χ0v) is 27.9. The lowest BCUT2D eigenvalue weighted by atomic mass is 9.95. The molecule has 1 amide bonds. The maximum Gasteiger partial charge on any atom is 0.338 e. The van der Waals surface area contributed by atoms with E-state index in [0.29, 0.717) is 37.7 Å². The van der Waals surface area contributed by atoms with Gasteiger partial charge in [0.25, 0.3) is 11.6 Å². The Morgan fingerprint density at radius 1 is 1.08 bits per heavy atom. The Hall–Kier alpha value is -5.62. The fourth-order valence-corrected chi connectivity index (χ4v) is 5.29. The van der Waals surface area contributed by atoms with Gasteiger partial charge in [-0.25, -0.2) is 10.2 Å². The molecule has 250 valence electrons. The van der Waals surface area contributed by atoms with Crippen molar-refractivity contribution in [1.29, 1.82) is 0 Å². The number of halogens is 1. The first-order valence-electron chi connectivity index (χ1n) is 13.9. The molecule has 0 radical (unpaired) electrons. The number of non-ortho nitro benzene ring substituents is 1. The highest BCUT2D eigenvalue weighted by molar-refractivity contribution is 9.10. The third kappa shape index (κ3) is 8.39. The Bertz CT molecular complexity index is 1850. The number of nitro groups is 2. The minimum absolute atomic E-state index is 0.0582. The van der Waals surface area contributed by atoms with Crippen molar-refractivity contribution in [2.75, 3.05) is 20.3 Å². The van der Waals surface area contributed by atoms with Gasteiger partial charge in [0.05, 0.1) is 51.9 Å². The number of amides is 1. The Balaban J connectivity index is 1.45. The van der Waals surface area contributed by atoms with Crippen molar-refractivity contribution < 1.29 is 38.4 Å². The maximum atomic E-state index is 12.8. The van der Waals surface area contributed by atoms with E-state index in [4.69, 9.17) is 31.2 Å². The Labute approximate surface area is 286 Å². The highest BCUT2D eigenvalue weighted by Crippen LogP contribution is 2.42. The monoisotopic (exact) mass is 742 g/mol. The predicted molar refractivity (Wildman–Crippen MR) is 179 cm³/mol. The van der Waals surface area contributed by atoms with E-state index >= 15 is 0 Å². The second kappa shape index (κ2) is 15.8. The van der Waals surface area contributed by atoms with Gasteiger partial charge >= 0.3 is 11.7 Å². The molecule has 0 unspecified atom stereocenters. The Morgan fingerprint density at radius 2 is 1.83 bits per heavy atom. The number of thiocarbonyl (C=S) groups is 1. The fraction of sp³-hybridized carbons (Fsp3) is 0.200. The number of ether oxygens (including phenoxy) is 4. The number of allylic oxidation sites excluding steroid dienone is 1. The minimum Gasteiger partial charge on any atom is -0.493 e. The largest absolute Gasteiger partial charge is 0.493 e. The van der Waals surface area contributed by atoms with Crippen LogP contribution < -0.4 is 30.3 Å². The second-order valence-corrected chi connectivity index (χ2v) is 11.0. The topological polar surface area (TPSA) is 206 Å². The number of carbonyl (C=O) groups excluding carboxylic acids is 2. The molecule has 0 bridgehead atoms. The van der Waals surface area contributed by atoms with Gasteiger partial charge < -0.3 is 29.6 Å². The van der Waals surface area contributed by atoms with E-state index < -0.39 is 45.7 Å². The number of hydrazone groups is 1. The van der Waals surface area contributed by atoms with Crippen LogP contribution >= 0.6 is 28.1 Å². The number of hydrogen-bond acceptors (Lipinski definition) is 12. The van der Waals surface area contributed by atoms with Crippen molar-refractivity contribution in [2.24, 2.45) is 5.10 Å². The predicted octanol–water partition coefficient (Wildman–Crippen LogP) is 4.95. The minimum atomic E-state index is -0.798. The van der Waals surface area contributed by atoms with Gasteiger partial charge in [-0.3, -0.25) is 25.0 Å². The molecular formula is C30H27BrN6O10S. The standard InChI is InChI=1S/C30H27BrN6O10S/c1-4-45-29(39)26-16(2)33-30(48)34-27(26)19-7-5-6-8-22(19)46-15-25(38)35-32-14-17-11-20(31)28(24(12-17)44-3)47-23-10-9-18(36(40)41)13-21(23)37(42)43/h5-14,27H,4,15H2,1-3H3,(H,35,38)(H2,33,34,48)/t27-/m0/s1. The lowest BCUT2D eigenvalue weighted by Crippen LogP contribution is -2.45. The van der Waals surface area contributed by atoms with Gasteiger partial charge in [-0.1, -0.05) is 18.2 Å². The summed E-state index contributed by atoms with van der Waals surface area (Å²) < 4.78 is 22.4. The van der Waals surface area contributed by atoms with Crippen LogP contribution in [-0.2, 0) is 14.3 Å². The smallest absolute Gasteiger partial charge is 0.338 e. The number of esters is 1. The van der Waals surface area contributed by atoms with E-state index in [9.17, 15) is 29.8 Å². The molecule has 0 spiro atoms. The number of carbonyl (C=O) groups is 2. The lowest BCUT2D eigenvalue weighted by Gasteiger charge is -2.30. The average Bonchev–Trinajstić information content (AvgIpc) is 3.04. The number of benzene rings is 3. The van der Waals surface area contributed by atoms with Gasteiger partial charge in [0.2, 0.25) is 5.75 Å². The molecule has 3 aromatic rings. The van der Waals surface area contributed by atoms with Crippen LogP contribution in [0.15, 0.2) is 75.4 Å². The number of para-hydroxylation sites is 1. The first-order valence-corrected chi connectivity index (χ1v) is 15.1. The third-order valence-electron chi connectivity index (χ3n) is 6.57. The number of rotatable bonds is 13. The first kappa shape index (κ1) is 35.2. The molecule has 3 aromatic carbocycles. The van der Waals surface area contributed by atoms with Crippen LogP contribution in [0.5, 0.6) is 23.0 Å². The van der Waals surface area contributed by atoms with E-state index in [2.05, 4.69) is 37.1 Å². The zero-order chi connectivity index (χ0) is 35.0. The van der Waals surface area contributed by atoms with Crippen LogP contribution in [-0.4, -0.2) is 53.4 Å². The SMILES string of the molecule is CCOC(=O)C1=C(C)NC(=S)N[C@H]1c1ccccc1OCC(=O)NN=Cc1cc(Br)c(Oc2ccc([N+](=O)[O-])cc2[N+](=O)[O-])c(OC)c1. The molecule has 18 heteroatoms. The van der Waals surface area contributed by atoms with Gasteiger partial charge in [-0.05, 0) is 71.8 Å². The van der Waals surface area contributed by atoms with Crippen molar-refractivity contribution in [3.63, 3.8) is 0 Å². The number of nitro benzene ring substituents is 2. The molecule has 0 saturated heterocycles. The van der Waals surface area contributed by atoms with Crippen molar-refractivity contribution in [1.82, 2.24) is 16.1 Å². The Kier molecular flexibility index (Phi) is 11.6. The summed E-state index contributed by atoms with van der Waals surface area (Å²) in [5, 5.41) is 32.8. The normalized spacial score (nSPS) is 14.1. The highest BCUT2D eigenvalue weighted by Gasteiger charge is 2.32.